The summed E-state index contributed by atoms with van der Waals surface area (Å²) in [6, 6.07) is 6.45. The fraction of sp³-hybridized carbons (Fsp3) is 0.111. The standard InChI is InChI=1S/C9H8BrN3O4S/c1-6-9(13(14)17-11-6)18(15,16)12-8-4-2-7(10)3-5-8/h2-5,12H,1H3. The third-order valence-electron chi connectivity index (χ3n) is 2.08. The fourth-order valence-electron chi connectivity index (χ4n) is 1.32. The summed E-state index contributed by atoms with van der Waals surface area (Å²) >= 11 is 3.23. The Hall–Kier alpha value is -1.61. The highest BCUT2D eigenvalue weighted by Gasteiger charge is 2.29. The number of benzene rings is 1. The zero-order valence-electron chi connectivity index (χ0n) is 9.12. The minimum Gasteiger partial charge on any atom is -0.358 e. The van der Waals surface area contributed by atoms with E-state index in [1.807, 2.05) is 0 Å². The first kappa shape index (κ1) is 12.8. The molecule has 1 aromatic heterocycles. The first-order valence-electron chi connectivity index (χ1n) is 4.75. The molecule has 96 valence electrons. The van der Waals surface area contributed by atoms with Crippen LogP contribution < -0.4 is 9.63 Å². The summed E-state index contributed by atoms with van der Waals surface area (Å²) in [5.41, 5.74) is 0.327. The lowest BCUT2D eigenvalue weighted by Crippen LogP contribution is -2.33. The van der Waals surface area contributed by atoms with Crippen molar-refractivity contribution in [1.82, 2.24) is 5.16 Å². The number of halogens is 1. The Balaban J connectivity index is 2.36. The molecule has 0 fully saturated rings. The molecule has 7 nitrogen and oxygen atoms in total. The van der Waals surface area contributed by atoms with Crippen LogP contribution in [0.2, 0.25) is 0 Å². The predicted octanol–water partition coefficient (Wildman–Crippen LogP) is 1.18. The van der Waals surface area contributed by atoms with Crippen LogP contribution in [0.3, 0.4) is 0 Å². The van der Waals surface area contributed by atoms with Crippen LogP contribution in [-0.2, 0) is 10.0 Å². The van der Waals surface area contributed by atoms with Gasteiger partial charge in [-0.05, 0) is 29.2 Å². The van der Waals surface area contributed by atoms with E-state index in [4.69, 9.17) is 0 Å². The van der Waals surface area contributed by atoms with Crippen molar-refractivity contribution >= 4 is 31.6 Å². The van der Waals surface area contributed by atoms with Crippen molar-refractivity contribution < 1.29 is 17.9 Å². The number of nitrogens with one attached hydrogen (secondary N) is 1. The van der Waals surface area contributed by atoms with Crippen molar-refractivity contribution in [2.75, 3.05) is 4.72 Å². The monoisotopic (exact) mass is 333 g/mol. The molecule has 0 atom stereocenters. The van der Waals surface area contributed by atoms with E-state index in [2.05, 4.69) is 30.4 Å². The van der Waals surface area contributed by atoms with Gasteiger partial charge < -0.3 is 5.21 Å². The first-order valence-corrected chi connectivity index (χ1v) is 7.02. The van der Waals surface area contributed by atoms with Gasteiger partial charge in [-0.15, -0.1) is 0 Å². The Morgan fingerprint density at radius 2 is 2.00 bits per heavy atom. The van der Waals surface area contributed by atoms with Gasteiger partial charge in [-0.1, -0.05) is 15.9 Å². The topological polar surface area (TPSA) is 99.1 Å². The van der Waals surface area contributed by atoms with E-state index in [9.17, 15) is 13.6 Å². The van der Waals surface area contributed by atoms with Crippen LogP contribution in [0.15, 0.2) is 38.4 Å². The van der Waals surface area contributed by atoms with E-state index in [0.717, 1.165) is 4.47 Å². The molecule has 1 N–H and O–H groups in total. The van der Waals surface area contributed by atoms with E-state index in [1.54, 1.807) is 24.3 Å². The maximum Gasteiger partial charge on any atom is 0.331 e. The third-order valence-corrected chi connectivity index (χ3v) is 4.06. The lowest BCUT2D eigenvalue weighted by molar-refractivity contribution is -0.832. The molecule has 0 bridgehead atoms. The Kier molecular flexibility index (Phi) is 3.26. The summed E-state index contributed by atoms with van der Waals surface area (Å²) in [5, 5.41) is 13.9. The highest BCUT2D eigenvalue weighted by molar-refractivity contribution is 9.10. The summed E-state index contributed by atoms with van der Waals surface area (Å²) in [7, 11) is -4.02. The molecule has 18 heavy (non-hydrogen) atoms. The van der Waals surface area contributed by atoms with Crippen LogP contribution in [0.5, 0.6) is 0 Å². The van der Waals surface area contributed by atoms with Crippen LogP contribution in [0.4, 0.5) is 5.69 Å². The normalized spacial score (nSPS) is 11.4. The minimum atomic E-state index is -4.02. The van der Waals surface area contributed by atoms with Crippen molar-refractivity contribution in [3.8, 4) is 0 Å². The molecule has 0 radical (unpaired) electrons. The Morgan fingerprint density at radius 3 is 2.50 bits per heavy atom. The second-order valence-corrected chi connectivity index (χ2v) is 5.95. The highest BCUT2D eigenvalue weighted by atomic mass is 79.9. The van der Waals surface area contributed by atoms with Gasteiger partial charge >= 0.3 is 15.0 Å². The maximum atomic E-state index is 11.9. The molecule has 9 heteroatoms. The maximum absolute atomic E-state index is 11.9. The fourth-order valence-corrected chi connectivity index (χ4v) is 2.78. The van der Waals surface area contributed by atoms with Gasteiger partial charge in [0.15, 0.2) is 0 Å². The summed E-state index contributed by atoms with van der Waals surface area (Å²) in [6.07, 6.45) is 0. The Morgan fingerprint density at radius 1 is 1.39 bits per heavy atom. The zero-order chi connectivity index (χ0) is 13.3. The van der Waals surface area contributed by atoms with Gasteiger partial charge in [0.1, 0.15) is 0 Å². The largest absolute Gasteiger partial charge is 0.358 e. The molecule has 0 saturated heterocycles. The molecule has 0 saturated carbocycles. The number of sulfonamides is 1. The first-order chi connectivity index (χ1) is 8.40. The Labute approximate surface area is 111 Å². The molecule has 0 spiro atoms. The van der Waals surface area contributed by atoms with Crippen molar-refractivity contribution in [2.24, 2.45) is 0 Å². The van der Waals surface area contributed by atoms with Crippen LogP contribution in [0, 0.1) is 12.1 Å². The van der Waals surface area contributed by atoms with E-state index < -0.39 is 15.0 Å². The van der Waals surface area contributed by atoms with Crippen molar-refractivity contribution in [2.45, 2.75) is 11.9 Å². The number of aromatic nitrogens is 2. The second-order valence-electron chi connectivity index (χ2n) is 3.43. The van der Waals surface area contributed by atoms with Gasteiger partial charge in [-0.3, -0.25) is 9.35 Å². The summed E-state index contributed by atoms with van der Waals surface area (Å²) < 4.78 is 31.2. The average molecular weight is 334 g/mol. The number of hydrogen-bond acceptors (Lipinski definition) is 5. The van der Waals surface area contributed by atoms with Gasteiger partial charge in [0.2, 0.25) is 5.69 Å². The minimum absolute atomic E-state index is 0.00499. The van der Waals surface area contributed by atoms with Crippen LogP contribution in [0.1, 0.15) is 5.69 Å². The van der Waals surface area contributed by atoms with E-state index >= 15 is 0 Å². The third kappa shape index (κ3) is 2.46. The lowest BCUT2D eigenvalue weighted by atomic mass is 10.3. The van der Waals surface area contributed by atoms with Crippen molar-refractivity contribution in [3.05, 3.63) is 39.6 Å². The molecular weight excluding hydrogens is 326 g/mol. The smallest absolute Gasteiger partial charge is 0.331 e. The van der Waals surface area contributed by atoms with E-state index in [0.29, 0.717) is 5.69 Å². The summed E-state index contributed by atoms with van der Waals surface area (Å²) in [5.74, 6) is 0. The van der Waals surface area contributed by atoms with E-state index in [-0.39, 0.29) is 10.6 Å². The van der Waals surface area contributed by atoms with Crippen LogP contribution in [-0.4, -0.2) is 13.6 Å². The second kappa shape index (κ2) is 4.58. The number of anilines is 1. The molecule has 0 aliphatic heterocycles. The molecule has 2 aromatic rings. The van der Waals surface area contributed by atoms with Crippen molar-refractivity contribution in [3.63, 3.8) is 0 Å². The van der Waals surface area contributed by atoms with Gasteiger partial charge in [0.05, 0.1) is 0 Å². The SMILES string of the molecule is Cc1no[n+]([O-])c1S(=O)(=O)Nc1ccc(Br)cc1. The van der Waals surface area contributed by atoms with Crippen molar-refractivity contribution in [1.29, 1.82) is 0 Å². The number of hydrogen-bond donors (Lipinski definition) is 1. The lowest BCUT2D eigenvalue weighted by Gasteiger charge is -2.05. The molecular formula is C9H8BrN3O4S. The van der Waals surface area contributed by atoms with Gasteiger partial charge in [-0.25, -0.2) is 0 Å². The molecule has 0 amide bonds. The zero-order valence-corrected chi connectivity index (χ0v) is 11.5. The number of rotatable bonds is 3. The molecule has 1 aromatic carbocycles. The van der Waals surface area contributed by atoms with Gasteiger partial charge in [0.25, 0.3) is 0 Å². The Bertz CT molecular complexity index is 646. The summed E-state index contributed by atoms with van der Waals surface area (Å²) in [6.45, 7) is 1.37. The predicted molar refractivity (Wildman–Crippen MR) is 65.2 cm³/mol. The average Bonchev–Trinajstić information content (AvgIpc) is 2.62. The van der Waals surface area contributed by atoms with Gasteiger partial charge in [-0.2, -0.15) is 8.42 Å². The number of aryl methyl sites for hydroxylation is 1. The molecule has 0 aliphatic carbocycles. The molecule has 1 heterocycles. The molecule has 2 rings (SSSR count). The summed E-state index contributed by atoms with van der Waals surface area (Å²) in [4.78, 5) is -0.142. The van der Waals surface area contributed by atoms with Crippen LogP contribution >= 0.6 is 15.9 Å². The van der Waals surface area contributed by atoms with Gasteiger partial charge in [0, 0.05) is 22.2 Å². The quantitative estimate of drug-likeness (QED) is 0.850. The van der Waals surface area contributed by atoms with Crippen LogP contribution in [0.25, 0.3) is 0 Å². The number of nitrogens with zero attached hydrogens (tertiary/aromatic N) is 2. The van der Waals surface area contributed by atoms with E-state index in [1.165, 1.54) is 6.92 Å². The highest BCUT2D eigenvalue weighted by Crippen LogP contribution is 2.18. The molecule has 0 unspecified atom stereocenters. The molecule has 0 aliphatic rings.